The molecule has 1 aromatic carbocycles. The number of aromatic nitrogens is 1. The largest absolute Gasteiger partial charge is 0.494 e. The number of halogens is 2. The topological polar surface area (TPSA) is 60.8 Å². The van der Waals surface area contributed by atoms with E-state index in [-0.39, 0.29) is 21.4 Å². The van der Waals surface area contributed by atoms with Crippen LogP contribution < -0.4 is 4.74 Å². The lowest BCUT2D eigenvalue weighted by Gasteiger charge is -2.09. The second-order valence-electron chi connectivity index (χ2n) is 4.23. The van der Waals surface area contributed by atoms with Gasteiger partial charge in [0.2, 0.25) is 0 Å². The first-order chi connectivity index (χ1) is 10.5. The maximum absolute atomic E-state index is 12.2. The molecule has 0 aliphatic carbocycles. The summed E-state index contributed by atoms with van der Waals surface area (Å²) in [5.74, 6) is -0.610. The molecule has 7 heteroatoms. The monoisotopic (exact) mass is 338 g/mol. The standard InChI is InChI=1S/C15H12Cl2N2O3/c1-9(10-4-3-7-18-8-10)19-22-15(20)13-11(16)5-6-12(17)14(13)21-2/h3-8H,1-2H3. The minimum absolute atomic E-state index is 0.0272. The van der Waals surface area contributed by atoms with E-state index >= 15 is 0 Å². The summed E-state index contributed by atoms with van der Waals surface area (Å²) in [5.41, 5.74) is 1.26. The molecule has 2 aromatic rings. The van der Waals surface area contributed by atoms with E-state index in [4.69, 9.17) is 32.8 Å². The fourth-order valence-corrected chi connectivity index (χ4v) is 2.17. The molecule has 0 saturated heterocycles. The van der Waals surface area contributed by atoms with Gasteiger partial charge in [-0.1, -0.05) is 28.4 Å². The van der Waals surface area contributed by atoms with Crippen LogP contribution in [0.1, 0.15) is 22.8 Å². The molecule has 22 heavy (non-hydrogen) atoms. The van der Waals surface area contributed by atoms with Crippen molar-refractivity contribution in [1.82, 2.24) is 4.98 Å². The molecule has 0 radical (unpaired) electrons. The van der Waals surface area contributed by atoms with Crippen LogP contribution in [0.2, 0.25) is 10.0 Å². The third-order valence-electron chi connectivity index (χ3n) is 2.81. The minimum atomic E-state index is -0.757. The number of carbonyl (C=O) groups is 1. The molecule has 0 fully saturated rings. The zero-order chi connectivity index (χ0) is 16.1. The minimum Gasteiger partial charge on any atom is -0.494 e. The molecule has 5 nitrogen and oxygen atoms in total. The molecular weight excluding hydrogens is 327 g/mol. The highest BCUT2D eigenvalue weighted by Gasteiger charge is 2.21. The number of hydrogen-bond acceptors (Lipinski definition) is 5. The molecule has 0 atom stereocenters. The van der Waals surface area contributed by atoms with Crippen molar-refractivity contribution in [3.05, 3.63) is 57.8 Å². The molecule has 0 saturated carbocycles. The van der Waals surface area contributed by atoms with Crippen molar-refractivity contribution in [2.24, 2.45) is 5.16 Å². The molecule has 0 spiro atoms. The molecule has 2 rings (SSSR count). The van der Waals surface area contributed by atoms with Crippen LogP contribution >= 0.6 is 23.2 Å². The summed E-state index contributed by atoms with van der Waals surface area (Å²) in [6.45, 7) is 1.70. The van der Waals surface area contributed by atoms with E-state index in [2.05, 4.69) is 10.1 Å². The second-order valence-corrected chi connectivity index (χ2v) is 5.05. The van der Waals surface area contributed by atoms with Crippen molar-refractivity contribution in [2.75, 3.05) is 7.11 Å². The predicted molar refractivity (Wildman–Crippen MR) is 84.9 cm³/mol. The Morgan fingerprint density at radius 3 is 2.59 bits per heavy atom. The summed E-state index contributed by atoms with van der Waals surface area (Å²) in [7, 11) is 1.39. The summed E-state index contributed by atoms with van der Waals surface area (Å²) >= 11 is 12.0. The normalized spacial score (nSPS) is 11.2. The highest BCUT2D eigenvalue weighted by Crippen LogP contribution is 2.34. The Kier molecular flexibility index (Phi) is 5.35. The lowest BCUT2D eigenvalue weighted by atomic mass is 10.2. The summed E-state index contributed by atoms with van der Waals surface area (Å²) in [5, 5.41) is 4.21. The van der Waals surface area contributed by atoms with Gasteiger partial charge in [-0.3, -0.25) is 4.98 Å². The molecule has 0 aliphatic heterocycles. The van der Waals surface area contributed by atoms with E-state index in [0.717, 1.165) is 5.56 Å². The third kappa shape index (κ3) is 3.55. The van der Waals surface area contributed by atoms with Gasteiger partial charge < -0.3 is 9.57 Å². The number of methoxy groups -OCH3 is 1. The Balaban J connectivity index is 2.25. The van der Waals surface area contributed by atoms with E-state index in [0.29, 0.717) is 5.71 Å². The Bertz CT molecular complexity index is 718. The van der Waals surface area contributed by atoms with Gasteiger partial charge in [0, 0.05) is 18.0 Å². The maximum Gasteiger partial charge on any atom is 0.371 e. The average Bonchev–Trinajstić information content (AvgIpc) is 2.54. The number of carbonyl (C=O) groups excluding carboxylic acids is 1. The summed E-state index contributed by atoms with van der Waals surface area (Å²) in [6, 6.07) is 6.57. The van der Waals surface area contributed by atoms with Crippen LogP contribution in [-0.2, 0) is 4.84 Å². The van der Waals surface area contributed by atoms with Crippen LogP contribution in [0, 0.1) is 0 Å². The fraction of sp³-hybridized carbons (Fsp3) is 0.133. The highest BCUT2D eigenvalue weighted by molar-refractivity contribution is 6.37. The SMILES string of the molecule is COc1c(Cl)ccc(Cl)c1C(=O)ON=C(C)c1cccnc1. The van der Waals surface area contributed by atoms with Gasteiger partial charge >= 0.3 is 5.97 Å². The first-order valence-corrected chi connectivity index (χ1v) is 6.98. The number of pyridine rings is 1. The van der Waals surface area contributed by atoms with Crippen molar-refractivity contribution in [1.29, 1.82) is 0 Å². The Hall–Kier alpha value is -2.11. The number of rotatable bonds is 4. The Morgan fingerprint density at radius 1 is 1.23 bits per heavy atom. The quantitative estimate of drug-likeness (QED) is 0.480. The second kappa shape index (κ2) is 7.24. The molecule has 114 valence electrons. The first-order valence-electron chi connectivity index (χ1n) is 6.23. The number of benzene rings is 1. The highest BCUT2D eigenvalue weighted by atomic mass is 35.5. The van der Waals surface area contributed by atoms with Crippen LogP contribution in [0.15, 0.2) is 41.8 Å². The fourth-order valence-electron chi connectivity index (χ4n) is 1.71. The van der Waals surface area contributed by atoms with Gasteiger partial charge in [-0.2, -0.15) is 0 Å². The van der Waals surface area contributed by atoms with Crippen LogP contribution in [0.5, 0.6) is 5.75 Å². The molecule has 0 bridgehead atoms. The van der Waals surface area contributed by atoms with Crippen LogP contribution in [-0.4, -0.2) is 23.8 Å². The van der Waals surface area contributed by atoms with E-state index in [1.807, 2.05) is 0 Å². The molecular formula is C15H12Cl2N2O3. The number of hydrogen-bond donors (Lipinski definition) is 0. The molecule has 0 amide bonds. The third-order valence-corrected chi connectivity index (χ3v) is 3.42. The smallest absolute Gasteiger partial charge is 0.371 e. The van der Waals surface area contributed by atoms with E-state index in [1.165, 1.54) is 19.2 Å². The summed E-state index contributed by atoms with van der Waals surface area (Å²) in [4.78, 5) is 21.1. The Labute approximate surface area is 137 Å². The van der Waals surface area contributed by atoms with Gasteiger partial charge in [0.15, 0.2) is 5.75 Å². The first kappa shape index (κ1) is 16.3. The van der Waals surface area contributed by atoms with Crippen molar-refractivity contribution in [3.8, 4) is 5.75 Å². The molecule has 1 heterocycles. The van der Waals surface area contributed by atoms with Gasteiger partial charge in [0.1, 0.15) is 5.56 Å². The summed E-state index contributed by atoms with van der Waals surface area (Å²) in [6.07, 6.45) is 3.25. The van der Waals surface area contributed by atoms with Gasteiger partial charge in [0.05, 0.1) is 22.9 Å². The van der Waals surface area contributed by atoms with E-state index in [9.17, 15) is 4.79 Å². The summed E-state index contributed by atoms with van der Waals surface area (Å²) < 4.78 is 5.09. The lowest BCUT2D eigenvalue weighted by Crippen LogP contribution is -2.07. The zero-order valence-corrected chi connectivity index (χ0v) is 13.4. The van der Waals surface area contributed by atoms with Crippen molar-refractivity contribution >= 4 is 34.9 Å². The predicted octanol–water partition coefficient (Wildman–Crippen LogP) is 3.98. The maximum atomic E-state index is 12.2. The van der Waals surface area contributed by atoms with Gasteiger partial charge in [-0.25, -0.2) is 4.79 Å². The molecule has 0 unspecified atom stereocenters. The molecule has 0 aliphatic rings. The molecule has 0 N–H and O–H groups in total. The average molecular weight is 339 g/mol. The Morgan fingerprint density at radius 2 is 1.95 bits per heavy atom. The van der Waals surface area contributed by atoms with Crippen LogP contribution in [0.4, 0.5) is 0 Å². The van der Waals surface area contributed by atoms with Crippen LogP contribution in [0.3, 0.4) is 0 Å². The van der Waals surface area contributed by atoms with Gasteiger partial charge in [-0.15, -0.1) is 0 Å². The number of nitrogens with zero attached hydrogens (tertiary/aromatic N) is 2. The lowest BCUT2D eigenvalue weighted by molar-refractivity contribution is 0.0513. The van der Waals surface area contributed by atoms with E-state index < -0.39 is 5.97 Å². The van der Waals surface area contributed by atoms with Crippen molar-refractivity contribution in [2.45, 2.75) is 6.92 Å². The van der Waals surface area contributed by atoms with Gasteiger partial charge in [-0.05, 0) is 31.2 Å². The zero-order valence-electron chi connectivity index (χ0n) is 11.8. The number of oxime groups is 1. The number of ether oxygens (including phenoxy) is 1. The van der Waals surface area contributed by atoms with Crippen molar-refractivity contribution in [3.63, 3.8) is 0 Å². The van der Waals surface area contributed by atoms with Crippen LogP contribution in [0.25, 0.3) is 0 Å². The van der Waals surface area contributed by atoms with Gasteiger partial charge in [0.25, 0.3) is 0 Å². The molecule has 1 aromatic heterocycles. The van der Waals surface area contributed by atoms with Crippen molar-refractivity contribution < 1.29 is 14.4 Å². The van der Waals surface area contributed by atoms with E-state index in [1.54, 1.807) is 31.5 Å².